The molecular weight excluding hydrogens is 368 g/mol. The van der Waals surface area contributed by atoms with E-state index in [1.165, 1.54) is 39.8 Å². The topological polar surface area (TPSA) is 147 Å². The summed E-state index contributed by atoms with van der Waals surface area (Å²) in [4.78, 5) is 22.1. The zero-order chi connectivity index (χ0) is 18.8. The summed E-state index contributed by atoms with van der Waals surface area (Å²) < 4.78 is 0. The summed E-state index contributed by atoms with van der Waals surface area (Å²) in [6.07, 6.45) is 0.332. The first-order chi connectivity index (χ1) is 11.8. The maximum Gasteiger partial charge on any atom is 0.488 e. The lowest BCUT2D eigenvalue weighted by molar-refractivity contribution is -0.136. The van der Waals surface area contributed by atoms with E-state index in [-0.39, 0.29) is 36.2 Å². The summed E-state index contributed by atoms with van der Waals surface area (Å²) in [7, 11) is -0.703. The molecule has 0 aliphatic rings. The predicted molar refractivity (Wildman–Crippen MR) is 99.7 cm³/mol. The van der Waals surface area contributed by atoms with Gasteiger partial charge in [-0.15, -0.1) is 0 Å². The van der Waals surface area contributed by atoms with E-state index in [1.54, 1.807) is 0 Å². The van der Waals surface area contributed by atoms with Gasteiger partial charge in [0, 0.05) is 24.5 Å². The van der Waals surface area contributed by atoms with Gasteiger partial charge < -0.3 is 30.5 Å². The number of amides is 1. The van der Waals surface area contributed by atoms with Gasteiger partial charge in [-0.3, -0.25) is 9.59 Å². The molecule has 8 nitrogen and oxygen atoms in total. The third-order valence-corrected chi connectivity index (χ3v) is 5.43. The number of hydrogen-bond donors (Lipinski definition) is 6. The number of nitrogens with one attached hydrogen (secondary N) is 1. The zero-order valence-electron chi connectivity index (χ0n) is 13.3. The van der Waals surface area contributed by atoms with Crippen molar-refractivity contribution in [1.29, 1.82) is 0 Å². The summed E-state index contributed by atoms with van der Waals surface area (Å²) in [5, 5.41) is 48.0. The van der Waals surface area contributed by atoms with Crippen LogP contribution in [-0.2, 0) is 16.1 Å². The SMILES string of the molecule is O=C(O)CCSSCCC(=O)NCc1cc(B(O)O)cc(B(O)O)c1. The highest BCUT2D eigenvalue weighted by molar-refractivity contribution is 8.76. The van der Waals surface area contributed by atoms with Gasteiger partial charge in [0.05, 0.1) is 6.42 Å². The molecule has 0 atom stereocenters. The Kier molecular flexibility index (Phi) is 10.0. The molecule has 0 saturated carbocycles. The summed E-state index contributed by atoms with van der Waals surface area (Å²) in [6, 6.07) is 4.16. The van der Waals surface area contributed by atoms with Crippen LogP contribution in [0.3, 0.4) is 0 Å². The molecule has 1 amide bonds. The highest BCUT2D eigenvalue weighted by atomic mass is 33.1. The smallest absolute Gasteiger partial charge is 0.481 e. The molecule has 0 spiro atoms. The molecule has 12 heteroatoms. The van der Waals surface area contributed by atoms with E-state index in [0.717, 1.165) is 0 Å². The van der Waals surface area contributed by atoms with Gasteiger partial charge >= 0.3 is 20.2 Å². The number of rotatable bonds is 11. The molecule has 0 fully saturated rings. The number of carboxylic acids is 1. The van der Waals surface area contributed by atoms with E-state index < -0.39 is 20.2 Å². The van der Waals surface area contributed by atoms with Crippen molar-refractivity contribution >= 4 is 58.6 Å². The molecule has 1 aromatic carbocycles. The van der Waals surface area contributed by atoms with Crippen LogP contribution in [0.5, 0.6) is 0 Å². The Morgan fingerprint density at radius 2 is 1.44 bits per heavy atom. The van der Waals surface area contributed by atoms with Crippen molar-refractivity contribution in [3.8, 4) is 0 Å². The second-order valence-electron chi connectivity index (χ2n) is 5.07. The van der Waals surface area contributed by atoms with E-state index in [9.17, 15) is 29.7 Å². The van der Waals surface area contributed by atoms with E-state index in [2.05, 4.69) is 5.32 Å². The van der Waals surface area contributed by atoms with Crippen LogP contribution in [0.4, 0.5) is 0 Å². The van der Waals surface area contributed by atoms with Crippen LogP contribution in [0.25, 0.3) is 0 Å². The van der Waals surface area contributed by atoms with Gasteiger partial charge in [-0.2, -0.15) is 0 Å². The van der Waals surface area contributed by atoms with E-state index in [4.69, 9.17) is 5.11 Å². The predicted octanol–water partition coefficient (Wildman–Crippen LogP) is -2.09. The highest BCUT2D eigenvalue weighted by Crippen LogP contribution is 2.22. The minimum Gasteiger partial charge on any atom is -0.481 e. The molecule has 25 heavy (non-hydrogen) atoms. The van der Waals surface area contributed by atoms with Crippen LogP contribution in [0.15, 0.2) is 18.2 Å². The lowest BCUT2D eigenvalue weighted by Gasteiger charge is -2.10. The monoisotopic (exact) mass is 387 g/mol. The molecule has 6 N–H and O–H groups in total. The van der Waals surface area contributed by atoms with Gasteiger partial charge in [-0.05, 0) is 16.5 Å². The number of benzene rings is 1. The van der Waals surface area contributed by atoms with Crippen molar-refractivity contribution in [2.75, 3.05) is 11.5 Å². The maximum atomic E-state index is 11.8. The molecule has 136 valence electrons. The highest BCUT2D eigenvalue weighted by Gasteiger charge is 2.18. The molecule has 1 rings (SSSR count). The molecule has 1 aromatic rings. The van der Waals surface area contributed by atoms with Crippen molar-refractivity contribution < 1.29 is 34.8 Å². The largest absolute Gasteiger partial charge is 0.488 e. The fraction of sp³-hybridized carbons (Fsp3) is 0.385. The third kappa shape index (κ3) is 9.19. The van der Waals surface area contributed by atoms with E-state index in [1.807, 2.05) is 0 Å². The molecule has 0 aromatic heterocycles. The molecule has 0 aliphatic heterocycles. The minimum absolute atomic E-state index is 0.0793. The van der Waals surface area contributed by atoms with Crippen LogP contribution in [-0.4, -0.2) is 62.8 Å². The molecule has 0 unspecified atom stereocenters. The van der Waals surface area contributed by atoms with Gasteiger partial charge in [0.25, 0.3) is 0 Å². The molecule has 0 bridgehead atoms. The lowest BCUT2D eigenvalue weighted by Crippen LogP contribution is -2.39. The van der Waals surface area contributed by atoms with Crippen molar-refractivity contribution in [2.24, 2.45) is 0 Å². The molecule has 0 aliphatic carbocycles. The minimum atomic E-state index is -1.76. The quantitative estimate of drug-likeness (QED) is 0.143. The maximum absolute atomic E-state index is 11.8. The van der Waals surface area contributed by atoms with Crippen molar-refractivity contribution in [2.45, 2.75) is 19.4 Å². The second kappa shape index (κ2) is 11.4. The Labute approximate surface area is 153 Å². The molecule has 0 radical (unpaired) electrons. The summed E-state index contributed by atoms with van der Waals surface area (Å²) in [5.41, 5.74) is 0.700. The van der Waals surface area contributed by atoms with Crippen LogP contribution < -0.4 is 16.2 Å². The van der Waals surface area contributed by atoms with Crippen LogP contribution in [0, 0.1) is 0 Å². The Morgan fingerprint density at radius 1 is 0.920 bits per heavy atom. The Balaban J connectivity index is 2.41. The summed E-state index contributed by atoms with van der Waals surface area (Å²) >= 11 is 0. The Bertz CT molecular complexity index is 563. The lowest BCUT2D eigenvalue weighted by atomic mass is 9.72. The average Bonchev–Trinajstić information content (AvgIpc) is 2.55. The number of aliphatic carboxylic acids is 1. The van der Waals surface area contributed by atoms with Gasteiger partial charge in [-0.1, -0.05) is 39.8 Å². The summed E-state index contributed by atoms with van der Waals surface area (Å²) in [6.45, 7) is 0.107. The number of carboxylic acid groups (broad SMARTS) is 1. The van der Waals surface area contributed by atoms with Gasteiger partial charge in [0.1, 0.15) is 0 Å². The van der Waals surface area contributed by atoms with Crippen LogP contribution in [0.2, 0.25) is 0 Å². The summed E-state index contributed by atoms with van der Waals surface area (Å²) in [5.74, 6) is -0.0585. The van der Waals surface area contributed by atoms with Crippen LogP contribution >= 0.6 is 21.6 Å². The zero-order valence-corrected chi connectivity index (χ0v) is 14.9. The van der Waals surface area contributed by atoms with Gasteiger partial charge in [0.15, 0.2) is 0 Å². The number of hydrogen-bond acceptors (Lipinski definition) is 8. The fourth-order valence-electron chi connectivity index (χ4n) is 1.82. The number of carbonyl (C=O) groups excluding carboxylic acids is 1. The molecule has 0 heterocycles. The fourth-order valence-corrected chi connectivity index (χ4v) is 3.79. The molecule has 0 saturated heterocycles. The van der Waals surface area contributed by atoms with Crippen molar-refractivity contribution in [3.63, 3.8) is 0 Å². The first kappa shape index (κ1) is 21.9. The van der Waals surface area contributed by atoms with Crippen molar-refractivity contribution in [1.82, 2.24) is 5.32 Å². The Hall–Kier alpha value is -1.17. The first-order valence-corrected chi connectivity index (χ1v) is 9.87. The van der Waals surface area contributed by atoms with E-state index in [0.29, 0.717) is 17.1 Å². The standard InChI is InChI=1S/C13H19B2NO7S2/c17-12(1-3-24-25-4-2-13(18)19)16-8-9-5-10(14(20)21)7-11(6-9)15(22)23/h5-7,20-23H,1-4,8H2,(H,16,17)(H,18,19). The third-order valence-electron chi connectivity index (χ3n) is 3.02. The normalized spacial score (nSPS) is 10.4. The second-order valence-corrected chi connectivity index (χ2v) is 7.77. The van der Waals surface area contributed by atoms with E-state index >= 15 is 0 Å². The Morgan fingerprint density at radius 3 is 1.92 bits per heavy atom. The van der Waals surface area contributed by atoms with Crippen LogP contribution in [0.1, 0.15) is 18.4 Å². The van der Waals surface area contributed by atoms with Crippen molar-refractivity contribution in [3.05, 3.63) is 23.8 Å². The van der Waals surface area contributed by atoms with Gasteiger partial charge in [0.2, 0.25) is 5.91 Å². The average molecular weight is 387 g/mol. The number of carbonyl (C=O) groups is 2. The van der Waals surface area contributed by atoms with Gasteiger partial charge in [-0.25, -0.2) is 0 Å². The first-order valence-electron chi connectivity index (χ1n) is 7.38. The molecular formula is C13H19B2NO7S2.